The van der Waals surface area contributed by atoms with Gasteiger partial charge in [-0.2, -0.15) is 5.10 Å². The predicted molar refractivity (Wildman–Crippen MR) is 68.2 cm³/mol. The van der Waals surface area contributed by atoms with Crippen LogP contribution in [0.2, 0.25) is 0 Å². The Balaban J connectivity index is 1.67. The average molecular weight is 262 g/mol. The summed E-state index contributed by atoms with van der Waals surface area (Å²) in [5.74, 6) is 0.776. The Kier molecular flexibility index (Phi) is 3.10. The van der Waals surface area contributed by atoms with Crippen LogP contribution in [0, 0.1) is 0 Å². The standard InChI is InChI=1S/C12H14N4OS/c17-12(13-6-11-14-7-15-16-11)9-2-1-3-10-8(9)4-5-18-10/h4-5,7,9H,1-3,6H2,(H,13,17)(H,14,15,16). The van der Waals surface area contributed by atoms with Gasteiger partial charge in [0.05, 0.1) is 12.5 Å². The summed E-state index contributed by atoms with van der Waals surface area (Å²) in [5.41, 5.74) is 1.21. The third kappa shape index (κ3) is 2.15. The molecule has 94 valence electrons. The maximum atomic E-state index is 12.2. The second-order valence-corrected chi connectivity index (χ2v) is 5.39. The third-order valence-electron chi connectivity index (χ3n) is 3.26. The molecule has 0 bridgehead atoms. The van der Waals surface area contributed by atoms with Crippen LogP contribution in [0.1, 0.15) is 35.0 Å². The van der Waals surface area contributed by atoms with Crippen LogP contribution in [0.3, 0.4) is 0 Å². The summed E-state index contributed by atoms with van der Waals surface area (Å²) in [7, 11) is 0. The van der Waals surface area contributed by atoms with Gasteiger partial charge in [-0.1, -0.05) is 0 Å². The van der Waals surface area contributed by atoms with Gasteiger partial charge >= 0.3 is 0 Å². The van der Waals surface area contributed by atoms with E-state index in [1.165, 1.54) is 16.8 Å². The van der Waals surface area contributed by atoms with E-state index in [2.05, 4.69) is 31.9 Å². The van der Waals surface area contributed by atoms with E-state index in [4.69, 9.17) is 0 Å². The number of aromatic amines is 1. The average Bonchev–Trinajstić information content (AvgIpc) is 3.05. The van der Waals surface area contributed by atoms with Crippen molar-refractivity contribution in [1.29, 1.82) is 0 Å². The number of aryl methyl sites for hydroxylation is 1. The molecule has 0 saturated carbocycles. The largest absolute Gasteiger partial charge is 0.348 e. The highest BCUT2D eigenvalue weighted by Crippen LogP contribution is 2.34. The summed E-state index contributed by atoms with van der Waals surface area (Å²) in [6.45, 7) is 0.412. The first-order valence-electron chi connectivity index (χ1n) is 6.03. The molecule has 0 aliphatic heterocycles. The van der Waals surface area contributed by atoms with Gasteiger partial charge in [0.25, 0.3) is 0 Å². The Morgan fingerprint density at radius 2 is 2.56 bits per heavy atom. The lowest BCUT2D eigenvalue weighted by molar-refractivity contribution is -0.123. The van der Waals surface area contributed by atoms with Crippen LogP contribution in [-0.2, 0) is 17.8 Å². The fourth-order valence-corrected chi connectivity index (χ4v) is 3.36. The van der Waals surface area contributed by atoms with Gasteiger partial charge in [0.15, 0.2) is 0 Å². The van der Waals surface area contributed by atoms with Gasteiger partial charge in [0, 0.05) is 4.88 Å². The van der Waals surface area contributed by atoms with Crippen molar-refractivity contribution >= 4 is 17.2 Å². The Morgan fingerprint density at radius 3 is 3.39 bits per heavy atom. The van der Waals surface area contributed by atoms with Gasteiger partial charge in [-0.15, -0.1) is 11.3 Å². The van der Waals surface area contributed by atoms with Crippen LogP contribution in [-0.4, -0.2) is 21.1 Å². The van der Waals surface area contributed by atoms with Gasteiger partial charge in [-0.05, 0) is 36.3 Å². The SMILES string of the molecule is O=C(NCc1ncn[nH]1)C1CCCc2sccc21. The molecule has 18 heavy (non-hydrogen) atoms. The number of nitrogens with one attached hydrogen (secondary N) is 2. The van der Waals surface area contributed by atoms with Crippen molar-refractivity contribution in [3.05, 3.63) is 34.0 Å². The molecule has 1 aliphatic rings. The first-order valence-corrected chi connectivity index (χ1v) is 6.91. The van der Waals surface area contributed by atoms with Crippen molar-refractivity contribution in [1.82, 2.24) is 20.5 Å². The zero-order valence-electron chi connectivity index (χ0n) is 9.85. The molecule has 2 aromatic rings. The Morgan fingerprint density at radius 1 is 1.61 bits per heavy atom. The number of thiophene rings is 1. The molecule has 3 rings (SSSR count). The van der Waals surface area contributed by atoms with Gasteiger partial charge in [-0.25, -0.2) is 4.98 Å². The lowest BCUT2D eigenvalue weighted by Gasteiger charge is -2.21. The van der Waals surface area contributed by atoms with Crippen LogP contribution in [0.4, 0.5) is 0 Å². The van der Waals surface area contributed by atoms with E-state index in [1.54, 1.807) is 11.3 Å². The van der Waals surface area contributed by atoms with E-state index in [0.29, 0.717) is 12.4 Å². The molecular formula is C12H14N4OS. The number of amides is 1. The number of aromatic nitrogens is 3. The van der Waals surface area contributed by atoms with Crippen LogP contribution in [0.25, 0.3) is 0 Å². The summed E-state index contributed by atoms with van der Waals surface area (Å²) < 4.78 is 0. The molecule has 0 fully saturated rings. The first-order chi connectivity index (χ1) is 8.84. The van der Waals surface area contributed by atoms with E-state index in [0.717, 1.165) is 19.3 Å². The van der Waals surface area contributed by atoms with E-state index in [9.17, 15) is 4.79 Å². The highest BCUT2D eigenvalue weighted by molar-refractivity contribution is 7.10. The fourth-order valence-electron chi connectivity index (χ4n) is 2.37. The molecule has 0 spiro atoms. The van der Waals surface area contributed by atoms with Gasteiger partial charge < -0.3 is 5.32 Å². The molecule has 1 amide bonds. The van der Waals surface area contributed by atoms with Crippen molar-refractivity contribution in [2.24, 2.45) is 0 Å². The molecule has 5 nitrogen and oxygen atoms in total. The Labute approximate surface area is 109 Å². The first kappa shape index (κ1) is 11.4. The van der Waals surface area contributed by atoms with E-state index >= 15 is 0 Å². The second kappa shape index (κ2) is 4.89. The molecular weight excluding hydrogens is 248 g/mol. The Bertz CT molecular complexity index is 534. The Hall–Kier alpha value is -1.69. The summed E-state index contributed by atoms with van der Waals surface area (Å²) in [6.07, 6.45) is 4.58. The number of hydrogen-bond donors (Lipinski definition) is 2. The van der Waals surface area contributed by atoms with Crippen molar-refractivity contribution < 1.29 is 4.79 Å². The van der Waals surface area contributed by atoms with Crippen LogP contribution in [0.5, 0.6) is 0 Å². The lowest BCUT2D eigenvalue weighted by Crippen LogP contribution is -2.30. The van der Waals surface area contributed by atoms with Gasteiger partial charge in [0.1, 0.15) is 12.2 Å². The van der Waals surface area contributed by atoms with Crippen molar-refractivity contribution in [2.75, 3.05) is 0 Å². The molecule has 0 aromatic carbocycles. The van der Waals surface area contributed by atoms with E-state index in [-0.39, 0.29) is 11.8 Å². The highest BCUT2D eigenvalue weighted by atomic mass is 32.1. The van der Waals surface area contributed by atoms with E-state index in [1.807, 2.05) is 0 Å². The number of carbonyl (C=O) groups excluding carboxylic acids is 1. The zero-order valence-corrected chi connectivity index (χ0v) is 10.7. The maximum Gasteiger partial charge on any atom is 0.227 e. The summed E-state index contributed by atoms with van der Waals surface area (Å²) in [6, 6.07) is 2.08. The predicted octanol–water partition coefficient (Wildman–Crippen LogP) is 1.60. The monoisotopic (exact) mass is 262 g/mol. The number of nitrogens with zero attached hydrogens (tertiary/aromatic N) is 2. The highest BCUT2D eigenvalue weighted by Gasteiger charge is 2.27. The third-order valence-corrected chi connectivity index (χ3v) is 4.26. The van der Waals surface area contributed by atoms with Gasteiger partial charge in [0.2, 0.25) is 5.91 Å². The molecule has 0 saturated heterocycles. The maximum absolute atomic E-state index is 12.2. The molecule has 6 heteroatoms. The minimum Gasteiger partial charge on any atom is -0.348 e. The normalized spacial score (nSPS) is 18.3. The van der Waals surface area contributed by atoms with Crippen LogP contribution < -0.4 is 5.32 Å². The molecule has 1 unspecified atom stereocenters. The lowest BCUT2D eigenvalue weighted by atomic mass is 9.87. The minimum absolute atomic E-state index is 0.00271. The van der Waals surface area contributed by atoms with Gasteiger partial charge in [-0.3, -0.25) is 9.89 Å². The fraction of sp³-hybridized carbons (Fsp3) is 0.417. The molecule has 2 N–H and O–H groups in total. The number of carbonyl (C=O) groups is 1. The number of H-pyrrole nitrogens is 1. The molecule has 2 heterocycles. The molecule has 1 aliphatic carbocycles. The zero-order chi connectivity index (χ0) is 12.4. The van der Waals surface area contributed by atoms with E-state index < -0.39 is 0 Å². The topological polar surface area (TPSA) is 70.7 Å². The minimum atomic E-state index is 0.00271. The number of hydrogen-bond acceptors (Lipinski definition) is 4. The number of rotatable bonds is 3. The summed E-state index contributed by atoms with van der Waals surface area (Å²) >= 11 is 1.75. The molecule has 1 atom stereocenters. The van der Waals surface area contributed by atoms with Crippen LogP contribution >= 0.6 is 11.3 Å². The molecule has 0 radical (unpaired) electrons. The quantitative estimate of drug-likeness (QED) is 0.882. The summed E-state index contributed by atoms with van der Waals surface area (Å²) in [4.78, 5) is 17.5. The van der Waals surface area contributed by atoms with Crippen molar-refractivity contribution in [3.63, 3.8) is 0 Å². The molecule has 2 aromatic heterocycles. The smallest absolute Gasteiger partial charge is 0.227 e. The van der Waals surface area contributed by atoms with Crippen LogP contribution in [0.15, 0.2) is 17.8 Å². The summed E-state index contributed by atoms with van der Waals surface area (Å²) in [5, 5.41) is 11.5. The second-order valence-electron chi connectivity index (χ2n) is 4.39. The van der Waals surface area contributed by atoms with Crippen molar-refractivity contribution in [2.45, 2.75) is 31.7 Å². The number of fused-ring (bicyclic) bond motifs is 1. The van der Waals surface area contributed by atoms with Crippen molar-refractivity contribution in [3.8, 4) is 0 Å².